The highest BCUT2D eigenvalue weighted by Gasteiger charge is 2.29. The zero-order chi connectivity index (χ0) is 23.0. The molecule has 1 aliphatic rings. The van der Waals surface area contributed by atoms with Gasteiger partial charge in [0.2, 0.25) is 5.91 Å². The molecule has 32 heavy (non-hydrogen) atoms. The lowest BCUT2D eigenvalue weighted by atomic mass is 10.1. The number of halogens is 1. The van der Waals surface area contributed by atoms with Gasteiger partial charge >= 0.3 is 0 Å². The molecule has 0 fully saturated rings. The van der Waals surface area contributed by atoms with Crippen LogP contribution in [0.5, 0.6) is 0 Å². The Bertz CT molecular complexity index is 1190. The quantitative estimate of drug-likeness (QED) is 0.656. The van der Waals surface area contributed by atoms with E-state index in [1.54, 1.807) is 25.2 Å². The Balaban J connectivity index is 1.54. The number of nitrogens with one attached hydrogen (secondary N) is 1. The smallest absolute Gasteiger partial charge is 0.274 e. The van der Waals surface area contributed by atoms with Crippen LogP contribution in [0, 0.1) is 26.6 Å². The van der Waals surface area contributed by atoms with Crippen LogP contribution in [-0.4, -0.2) is 40.1 Å². The first-order chi connectivity index (χ1) is 15.3. The van der Waals surface area contributed by atoms with Gasteiger partial charge in [-0.15, -0.1) is 0 Å². The highest BCUT2D eigenvalue weighted by molar-refractivity contribution is 5.99. The fourth-order valence-corrected chi connectivity index (χ4v) is 4.46. The van der Waals surface area contributed by atoms with Crippen LogP contribution < -0.4 is 5.32 Å². The van der Waals surface area contributed by atoms with Crippen LogP contribution in [0.1, 0.15) is 44.9 Å². The Labute approximate surface area is 187 Å². The summed E-state index contributed by atoms with van der Waals surface area (Å²) in [7, 11) is 1.58. The molecule has 2 aromatic carbocycles. The number of carbonyl (C=O) groups excluding carboxylic acids is 2. The first-order valence-electron chi connectivity index (χ1n) is 10.7. The van der Waals surface area contributed by atoms with Crippen LogP contribution in [-0.2, 0) is 17.6 Å². The second-order valence-corrected chi connectivity index (χ2v) is 8.47. The van der Waals surface area contributed by atoms with Crippen molar-refractivity contribution in [3.63, 3.8) is 0 Å². The zero-order valence-electron chi connectivity index (χ0n) is 18.8. The van der Waals surface area contributed by atoms with Crippen LogP contribution in [0.4, 0.5) is 10.1 Å². The van der Waals surface area contributed by atoms with Crippen molar-refractivity contribution in [1.82, 2.24) is 14.7 Å². The number of para-hydroxylation sites is 1. The number of anilines is 1. The van der Waals surface area contributed by atoms with Crippen LogP contribution >= 0.6 is 0 Å². The van der Waals surface area contributed by atoms with E-state index in [9.17, 15) is 14.0 Å². The third-order valence-electron chi connectivity index (χ3n) is 5.88. The number of carbonyl (C=O) groups is 2. The number of benzene rings is 2. The molecule has 2 amide bonds. The van der Waals surface area contributed by atoms with Gasteiger partial charge in [-0.2, -0.15) is 5.10 Å². The minimum Gasteiger partial charge on any atom is -0.331 e. The van der Waals surface area contributed by atoms with Crippen LogP contribution in [0.3, 0.4) is 0 Å². The molecule has 0 radical (unpaired) electrons. The summed E-state index contributed by atoms with van der Waals surface area (Å²) in [6.45, 7) is 5.80. The van der Waals surface area contributed by atoms with E-state index in [1.807, 2.05) is 32.9 Å². The van der Waals surface area contributed by atoms with E-state index in [2.05, 4.69) is 10.4 Å². The third kappa shape index (κ3) is 4.02. The Morgan fingerprint density at radius 3 is 2.50 bits per heavy atom. The van der Waals surface area contributed by atoms with Crippen molar-refractivity contribution in [2.75, 3.05) is 18.9 Å². The van der Waals surface area contributed by atoms with Crippen molar-refractivity contribution < 1.29 is 14.0 Å². The van der Waals surface area contributed by atoms with Crippen LogP contribution in [0.15, 0.2) is 36.4 Å². The van der Waals surface area contributed by atoms with Gasteiger partial charge in [0.15, 0.2) is 5.69 Å². The predicted octanol–water partition coefficient (Wildman–Crippen LogP) is 4.14. The lowest BCUT2D eigenvalue weighted by Gasteiger charge is -2.18. The van der Waals surface area contributed by atoms with E-state index < -0.39 is 0 Å². The van der Waals surface area contributed by atoms with Crippen LogP contribution in [0.2, 0.25) is 0 Å². The Morgan fingerprint density at radius 2 is 1.81 bits per heavy atom. The standard InChI is InChI=1S/C25H27FN4O2/c1-15-12-16(2)23(17(3)13-15)27-22(31)14-29(4)25(32)24-18-8-7-11-20(18)30(28-24)21-10-6-5-9-19(21)26/h5-6,9-10,12-13H,7-8,11,14H2,1-4H3,(H,27,31). The summed E-state index contributed by atoms with van der Waals surface area (Å²) in [5.74, 6) is -1.01. The Kier molecular flexibility index (Phi) is 5.82. The Morgan fingerprint density at radius 1 is 1.12 bits per heavy atom. The van der Waals surface area contributed by atoms with Gasteiger partial charge < -0.3 is 10.2 Å². The SMILES string of the molecule is Cc1cc(C)c(NC(=O)CN(C)C(=O)c2nn(-c3ccccc3F)c3c2CCC3)c(C)c1. The van der Waals surface area contributed by atoms with Gasteiger partial charge in [0.05, 0.1) is 6.54 Å². The number of fused-ring (bicyclic) bond motifs is 1. The number of hydrogen-bond donors (Lipinski definition) is 1. The molecular formula is C25H27FN4O2. The molecule has 0 spiro atoms. The van der Waals surface area contributed by atoms with E-state index in [1.165, 1.54) is 15.6 Å². The minimum atomic E-state index is -0.389. The molecule has 0 bridgehead atoms. The molecule has 0 atom stereocenters. The molecule has 0 aliphatic heterocycles. The first kappa shape index (κ1) is 21.7. The summed E-state index contributed by atoms with van der Waals surface area (Å²) in [4.78, 5) is 27.2. The predicted molar refractivity (Wildman–Crippen MR) is 122 cm³/mol. The van der Waals surface area contributed by atoms with Gasteiger partial charge in [-0.05, 0) is 63.3 Å². The molecule has 0 unspecified atom stereocenters. The highest BCUT2D eigenvalue weighted by Crippen LogP contribution is 2.29. The average Bonchev–Trinajstić information content (AvgIpc) is 3.33. The summed E-state index contributed by atoms with van der Waals surface area (Å²) in [6.07, 6.45) is 2.34. The summed E-state index contributed by atoms with van der Waals surface area (Å²) in [5, 5.41) is 7.39. The fourth-order valence-electron chi connectivity index (χ4n) is 4.46. The van der Waals surface area contributed by atoms with Gasteiger partial charge in [0.1, 0.15) is 11.5 Å². The summed E-state index contributed by atoms with van der Waals surface area (Å²) in [6, 6.07) is 10.4. The molecule has 166 valence electrons. The number of hydrogen-bond acceptors (Lipinski definition) is 3. The van der Waals surface area contributed by atoms with Crippen molar-refractivity contribution >= 4 is 17.5 Å². The van der Waals surface area contributed by atoms with E-state index >= 15 is 0 Å². The number of nitrogens with zero attached hydrogens (tertiary/aromatic N) is 3. The number of aromatic nitrogens is 2. The molecule has 3 aromatic rings. The van der Waals surface area contributed by atoms with E-state index in [0.717, 1.165) is 46.5 Å². The van der Waals surface area contributed by atoms with Crippen molar-refractivity contribution in [1.29, 1.82) is 0 Å². The fraction of sp³-hybridized carbons (Fsp3) is 0.320. The number of likely N-dealkylation sites (N-methyl/N-ethyl adjacent to an activating group) is 1. The molecule has 6 nitrogen and oxygen atoms in total. The average molecular weight is 435 g/mol. The molecule has 4 rings (SSSR count). The maximum Gasteiger partial charge on any atom is 0.274 e. The van der Waals surface area contributed by atoms with Crippen molar-refractivity contribution in [3.05, 3.63) is 75.9 Å². The van der Waals surface area contributed by atoms with Gasteiger partial charge in [-0.1, -0.05) is 29.8 Å². The molecule has 0 saturated heterocycles. The summed E-state index contributed by atoms with van der Waals surface area (Å²) in [5.41, 5.74) is 6.18. The largest absolute Gasteiger partial charge is 0.331 e. The molecule has 0 saturated carbocycles. The van der Waals surface area contributed by atoms with Crippen LogP contribution in [0.25, 0.3) is 5.69 Å². The molecule has 1 aliphatic carbocycles. The summed E-state index contributed by atoms with van der Waals surface area (Å²) < 4.78 is 15.9. The second kappa shape index (κ2) is 8.57. The zero-order valence-corrected chi connectivity index (χ0v) is 18.8. The minimum absolute atomic E-state index is 0.104. The molecule has 1 N–H and O–H groups in total. The van der Waals surface area contributed by atoms with E-state index in [4.69, 9.17) is 0 Å². The highest BCUT2D eigenvalue weighted by atomic mass is 19.1. The molecule has 1 heterocycles. The van der Waals surface area contributed by atoms with E-state index in [-0.39, 0.29) is 24.2 Å². The van der Waals surface area contributed by atoms with Gasteiger partial charge in [0.25, 0.3) is 5.91 Å². The number of amides is 2. The molecule has 1 aromatic heterocycles. The van der Waals surface area contributed by atoms with Gasteiger partial charge in [-0.3, -0.25) is 9.59 Å². The van der Waals surface area contributed by atoms with E-state index in [0.29, 0.717) is 17.8 Å². The lowest BCUT2D eigenvalue weighted by molar-refractivity contribution is -0.116. The molecular weight excluding hydrogens is 407 g/mol. The third-order valence-corrected chi connectivity index (χ3v) is 5.88. The van der Waals surface area contributed by atoms with Gasteiger partial charge in [0, 0.05) is 24.0 Å². The van der Waals surface area contributed by atoms with Crippen molar-refractivity contribution in [2.24, 2.45) is 0 Å². The van der Waals surface area contributed by atoms with Gasteiger partial charge in [-0.25, -0.2) is 9.07 Å². The molecule has 7 heteroatoms. The van der Waals surface area contributed by atoms with Crippen molar-refractivity contribution in [2.45, 2.75) is 40.0 Å². The summed E-state index contributed by atoms with van der Waals surface area (Å²) >= 11 is 0. The number of rotatable bonds is 5. The maximum absolute atomic E-state index is 14.4. The topological polar surface area (TPSA) is 67.2 Å². The maximum atomic E-state index is 14.4. The monoisotopic (exact) mass is 434 g/mol. The first-order valence-corrected chi connectivity index (χ1v) is 10.7. The van der Waals surface area contributed by atoms with Crippen molar-refractivity contribution in [3.8, 4) is 5.69 Å². The number of aryl methyl sites for hydroxylation is 3. The normalized spacial score (nSPS) is 12.5. The lowest BCUT2D eigenvalue weighted by Crippen LogP contribution is -2.35. The second-order valence-electron chi connectivity index (χ2n) is 8.47. The Hall–Kier alpha value is -3.48.